The number of anilines is 4. The molecule has 6 nitrogen and oxygen atoms in total. The zero-order valence-electron chi connectivity index (χ0n) is 14.9. The summed E-state index contributed by atoms with van der Waals surface area (Å²) in [6.45, 7) is 3.71. The lowest BCUT2D eigenvalue weighted by molar-refractivity contribution is 0.647. The van der Waals surface area contributed by atoms with Crippen LogP contribution < -0.4 is 15.1 Å². The zero-order valence-corrected chi connectivity index (χ0v) is 14.9. The summed E-state index contributed by atoms with van der Waals surface area (Å²) < 4.78 is 0. The van der Waals surface area contributed by atoms with Gasteiger partial charge in [0.05, 0.1) is 11.3 Å². The minimum Gasteiger partial charge on any atom is -0.368 e. The molecule has 1 aliphatic rings. The topological polar surface area (TPSA) is 68.1 Å². The summed E-state index contributed by atoms with van der Waals surface area (Å²) in [6, 6.07) is 22.0. The van der Waals surface area contributed by atoms with Crippen LogP contribution in [0.5, 0.6) is 0 Å². The Balaban J connectivity index is 1.45. The molecule has 0 atom stereocenters. The molecule has 0 saturated carbocycles. The third-order valence-electron chi connectivity index (χ3n) is 4.69. The van der Waals surface area contributed by atoms with Crippen molar-refractivity contribution in [2.75, 3.05) is 41.3 Å². The average Bonchev–Trinajstić information content (AvgIpc) is 2.75. The van der Waals surface area contributed by atoms with Crippen molar-refractivity contribution in [1.29, 1.82) is 5.26 Å². The Morgan fingerprint density at radius 2 is 1.56 bits per heavy atom. The number of piperazine rings is 1. The van der Waals surface area contributed by atoms with Gasteiger partial charge < -0.3 is 15.1 Å². The van der Waals surface area contributed by atoms with Crippen molar-refractivity contribution in [3.05, 3.63) is 72.6 Å². The standard InChI is InChI=1S/C21H20N6/c22-15-17-6-4-5-9-19(17)25-20-14-21(24-16-23-20)27-12-10-26(11-13-27)18-7-2-1-3-8-18/h1-9,14,16H,10-13H2,(H,23,24,25). The van der Waals surface area contributed by atoms with Crippen LogP contribution in [-0.4, -0.2) is 36.1 Å². The largest absolute Gasteiger partial charge is 0.368 e. The molecule has 6 heteroatoms. The molecule has 1 fully saturated rings. The zero-order chi connectivity index (χ0) is 18.5. The van der Waals surface area contributed by atoms with Gasteiger partial charge in [-0.05, 0) is 24.3 Å². The van der Waals surface area contributed by atoms with Crippen molar-refractivity contribution in [2.24, 2.45) is 0 Å². The minimum absolute atomic E-state index is 0.592. The molecule has 4 rings (SSSR count). The molecule has 1 saturated heterocycles. The quantitative estimate of drug-likeness (QED) is 0.773. The number of nitrogens with zero attached hydrogens (tertiary/aromatic N) is 5. The molecule has 0 unspecified atom stereocenters. The van der Waals surface area contributed by atoms with Crippen molar-refractivity contribution in [3.8, 4) is 6.07 Å². The van der Waals surface area contributed by atoms with Gasteiger partial charge in [-0.25, -0.2) is 9.97 Å². The summed E-state index contributed by atoms with van der Waals surface area (Å²) in [5.41, 5.74) is 2.60. The fraction of sp³-hybridized carbons (Fsp3) is 0.190. The highest BCUT2D eigenvalue weighted by Crippen LogP contribution is 2.23. The number of hydrogen-bond acceptors (Lipinski definition) is 6. The lowest BCUT2D eigenvalue weighted by Gasteiger charge is -2.36. The van der Waals surface area contributed by atoms with E-state index < -0.39 is 0 Å². The predicted molar refractivity (Wildman–Crippen MR) is 107 cm³/mol. The van der Waals surface area contributed by atoms with Crippen LogP contribution in [-0.2, 0) is 0 Å². The first-order chi connectivity index (χ1) is 13.3. The normalized spacial score (nSPS) is 13.9. The average molecular weight is 356 g/mol. The summed E-state index contributed by atoms with van der Waals surface area (Å²) in [7, 11) is 0. The molecule has 0 radical (unpaired) electrons. The molecule has 2 heterocycles. The first-order valence-corrected chi connectivity index (χ1v) is 8.96. The van der Waals surface area contributed by atoms with E-state index >= 15 is 0 Å². The number of rotatable bonds is 4. The van der Waals surface area contributed by atoms with Crippen LogP contribution in [0.25, 0.3) is 0 Å². The molecule has 27 heavy (non-hydrogen) atoms. The van der Waals surface area contributed by atoms with E-state index in [1.165, 1.54) is 5.69 Å². The van der Waals surface area contributed by atoms with Crippen LogP contribution >= 0.6 is 0 Å². The van der Waals surface area contributed by atoms with Crippen molar-refractivity contribution in [3.63, 3.8) is 0 Å². The molecule has 3 aromatic rings. The maximum absolute atomic E-state index is 9.24. The van der Waals surface area contributed by atoms with Gasteiger partial charge in [0.15, 0.2) is 0 Å². The first-order valence-electron chi connectivity index (χ1n) is 8.96. The summed E-state index contributed by atoms with van der Waals surface area (Å²) in [6.07, 6.45) is 1.57. The second-order valence-corrected chi connectivity index (χ2v) is 6.35. The molecule has 1 aliphatic heterocycles. The van der Waals surface area contributed by atoms with Gasteiger partial charge >= 0.3 is 0 Å². The molecule has 134 valence electrons. The van der Waals surface area contributed by atoms with E-state index in [4.69, 9.17) is 0 Å². The Kier molecular flexibility index (Phi) is 4.84. The van der Waals surface area contributed by atoms with Gasteiger partial charge in [0.2, 0.25) is 0 Å². The molecule has 0 spiro atoms. The predicted octanol–water partition coefficient (Wildman–Crippen LogP) is 3.42. The van der Waals surface area contributed by atoms with Crippen molar-refractivity contribution >= 4 is 23.0 Å². The molecule has 0 bridgehead atoms. The highest BCUT2D eigenvalue weighted by molar-refractivity contribution is 5.65. The number of hydrogen-bond donors (Lipinski definition) is 1. The van der Waals surface area contributed by atoms with E-state index in [1.54, 1.807) is 12.4 Å². The van der Waals surface area contributed by atoms with Gasteiger partial charge in [0.1, 0.15) is 24.0 Å². The van der Waals surface area contributed by atoms with Gasteiger partial charge in [-0.1, -0.05) is 30.3 Å². The first kappa shape index (κ1) is 16.9. The number of para-hydroxylation sites is 2. The van der Waals surface area contributed by atoms with E-state index in [0.717, 1.165) is 37.7 Å². The van der Waals surface area contributed by atoms with Gasteiger partial charge in [0.25, 0.3) is 0 Å². The molecule has 0 aliphatic carbocycles. The van der Waals surface area contributed by atoms with Crippen molar-refractivity contribution < 1.29 is 0 Å². The third-order valence-corrected chi connectivity index (χ3v) is 4.69. The Hall–Kier alpha value is -3.59. The number of benzene rings is 2. The van der Waals surface area contributed by atoms with Crippen molar-refractivity contribution in [1.82, 2.24) is 9.97 Å². The number of nitrogens with one attached hydrogen (secondary N) is 1. The lowest BCUT2D eigenvalue weighted by Crippen LogP contribution is -2.46. The Morgan fingerprint density at radius 3 is 2.33 bits per heavy atom. The monoisotopic (exact) mass is 356 g/mol. The van der Waals surface area contributed by atoms with Gasteiger partial charge in [0, 0.05) is 37.9 Å². The maximum Gasteiger partial charge on any atom is 0.135 e. The van der Waals surface area contributed by atoms with E-state index in [1.807, 2.05) is 30.3 Å². The molecule has 1 aromatic heterocycles. The highest BCUT2D eigenvalue weighted by Gasteiger charge is 2.18. The molecule has 1 N–H and O–H groups in total. The summed E-state index contributed by atoms with van der Waals surface area (Å²) >= 11 is 0. The highest BCUT2D eigenvalue weighted by atomic mass is 15.3. The SMILES string of the molecule is N#Cc1ccccc1Nc1cc(N2CCN(c3ccccc3)CC2)ncn1. The van der Waals surface area contributed by atoms with Gasteiger partial charge in [-0.2, -0.15) is 5.26 Å². The number of aromatic nitrogens is 2. The lowest BCUT2D eigenvalue weighted by atomic mass is 10.2. The van der Waals surface area contributed by atoms with Crippen LogP contribution in [0.2, 0.25) is 0 Å². The fourth-order valence-corrected chi connectivity index (χ4v) is 3.25. The van der Waals surface area contributed by atoms with Crippen LogP contribution in [0.4, 0.5) is 23.0 Å². The van der Waals surface area contributed by atoms with Crippen LogP contribution in [0.15, 0.2) is 67.0 Å². The van der Waals surface area contributed by atoms with E-state index in [-0.39, 0.29) is 0 Å². The Morgan fingerprint density at radius 1 is 0.852 bits per heavy atom. The smallest absolute Gasteiger partial charge is 0.135 e. The second kappa shape index (κ2) is 7.75. The molecule has 2 aromatic carbocycles. The van der Waals surface area contributed by atoms with Crippen LogP contribution in [0, 0.1) is 11.3 Å². The molecular formula is C21H20N6. The van der Waals surface area contributed by atoms with Gasteiger partial charge in [-0.3, -0.25) is 0 Å². The van der Waals surface area contributed by atoms with Crippen LogP contribution in [0.3, 0.4) is 0 Å². The fourth-order valence-electron chi connectivity index (χ4n) is 3.25. The summed E-state index contributed by atoms with van der Waals surface area (Å²) in [5, 5.41) is 12.5. The third kappa shape index (κ3) is 3.82. The minimum atomic E-state index is 0.592. The van der Waals surface area contributed by atoms with Crippen molar-refractivity contribution in [2.45, 2.75) is 0 Å². The molecule has 0 amide bonds. The summed E-state index contributed by atoms with van der Waals surface area (Å²) in [5.74, 6) is 1.59. The summed E-state index contributed by atoms with van der Waals surface area (Å²) in [4.78, 5) is 13.4. The van der Waals surface area contributed by atoms with Crippen LogP contribution in [0.1, 0.15) is 5.56 Å². The molecular weight excluding hydrogens is 336 g/mol. The maximum atomic E-state index is 9.24. The number of nitriles is 1. The Labute approximate surface area is 158 Å². The Bertz CT molecular complexity index is 942. The van der Waals surface area contributed by atoms with Gasteiger partial charge in [-0.15, -0.1) is 0 Å². The van der Waals surface area contributed by atoms with E-state index in [2.05, 4.69) is 55.4 Å². The van der Waals surface area contributed by atoms with E-state index in [9.17, 15) is 5.26 Å². The van der Waals surface area contributed by atoms with E-state index in [0.29, 0.717) is 11.4 Å². The second-order valence-electron chi connectivity index (χ2n) is 6.35.